The number of aromatic nitrogens is 1. The van der Waals surface area contributed by atoms with Crippen molar-refractivity contribution in [1.29, 1.82) is 0 Å². The molecular formula is C60H42N2O. The SMILES string of the molecule is C1=CCC2C(=C1)Oc1ccc(N(c3ccc(-c4ccccc4)cc3)c3ccc(-c4ccc(-c5ccccc5-n5c6ccccc6c6ccc(-c7ccccc7)cc65)cc4)cc3)cc12. The van der Waals surface area contributed by atoms with Crippen molar-refractivity contribution in [2.75, 3.05) is 4.90 Å². The first-order valence-electron chi connectivity index (χ1n) is 21.8. The second-order valence-electron chi connectivity index (χ2n) is 16.4. The Morgan fingerprint density at radius 3 is 1.68 bits per heavy atom. The predicted molar refractivity (Wildman–Crippen MR) is 262 cm³/mol. The van der Waals surface area contributed by atoms with Crippen LogP contribution in [0.5, 0.6) is 5.75 Å². The van der Waals surface area contributed by atoms with Crippen LogP contribution in [-0.2, 0) is 0 Å². The molecule has 298 valence electrons. The number of hydrogen-bond acceptors (Lipinski definition) is 2. The molecule has 0 N–H and O–H groups in total. The Morgan fingerprint density at radius 2 is 0.968 bits per heavy atom. The maximum absolute atomic E-state index is 6.29. The molecule has 1 aromatic heterocycles. The van der Waals surface area contributed by atoms with Gasteiger partial charge in [0.1, 0.15) is 11.5 Å². The molecule has 12 rings (SSSR count). The molecule has 0 saturated heterocycles. The van der Waals surface area contributed by atoms with Gasteiger partial charge in [0.05, 0.1) is 16.7 Å². The molecular weight excluding hydrogens is 765 g/mol. The zero-order valence-electron chi connectivity index (χ0n) is 34.6. The fourth-order valence-corrected chi connectivity index (χ4v) is 9.64. The summed E-state index contributed by atoms with van der Waals surface area (Å²) in [6.07, 6.45) is 7.38. The van der Waals surface area contributed by atoms with Gasteiger partial charge in [0.2, 0.25) is 0 Å². The summed E-state index contributed by atoms with van der Waals surface area (Å²) in [4.78, 5) is 2.36. The van der Waals surface area contributed by atoms with Gasteiger partial charge in [0.25, 0.3) is 0 Å². The van der Waals surface area contributed by atoms with Gasteiger partial charge in [0, 0.05) is 44.9 Å². The van der Waals surface area contributed by atoms with Crippen LogP contribution in [0.3, 0.4) is 0 Å². The van der Waals surface area contributed by atoms with Gasteiger partial charge < -0.3 is 14.2 Å². The summed E-state index contributed by atoms with van der Waals surface area (Å²) in [5.41, 5.74) is 17.6. The highest BCUT2D eigenvalue weighted by molar-refractivity contribution is 6.10. The van der Waals surface area contributed by atoms with Crippen LogP contribution >= 0.6 is 0 Å². The molecule has 0 radical (unpaired) electrons. The van der Waals surface area contributed by atoms with Crippen LogP contribution in [0.15, 0.2) is 242 Å². The van der Waals surface area contributed by atoms with E-state index >= 15 is 0 Å². The number of rotatable bonds is 8. The summed E-state index contributed by atoms with van der Waals surface area (Å²) >= 11 is 0. The Bertz CT molecular complexity index is 3360. The van der Waals surface area contributed by atoms with E-state index in [0.717, 1.165) is 40.7 Å². The summed E-state index contributed by atoms with van der Waals surface area (Å²) in [5.74, 6) is 2.23. The normalized spacial score (nSPS) is 14.0. The van der Waals surface area contributed by atoms with Crippen LogP contribution in [-0.4, -0.2) is 4.57 Å². The molecule has 9 aromatic carbocycles. The largest absolute Gasteiger partial charge is 0.461 e. The Morgan fingerprint density at radius 1 is 0.429 bits per heavy atom. The van der Waals surface area contributed by atoms with E-state index in [-0.39, 0.29) is 5.92 Å². The van der Waals surface area contributed by atoms with E-state index < -0.39 is 0 Å². The van der Waals surface area contributed by atoms with Crippen molar-refractivity contribution in [2.45, 2.75) is 12.3 Å². The molecule has 10 aromatic rings. The van der Waals surface area contributed by atoms with Gasteiger partial charge in [0.15, 0.2) is 0 Å². The lowest BCUT2D eigenvalue weighted by Gasteiger charge is -2.26. The number of para-hydroxylation sites is 2. The number of ether oxygens (including phenoxy) is 1. The molecule has 0 spiro atoms. The van der Waals surface area contributed by atoms with E-state index in [9.17, 15) is 0 Å². The third-order valence-corrected chi connectivity index (χ3v) is 12.8. The minimum Gasteiger partial charge on any atom is -0.461 e. The quantitative estimate of drug-likeness (QED) is 0.152. The van der Waals surface area contributed by atoms with Crippen LogP contribution in [0.4, 0.5) is 17.1 Å². The summed E-state index contributed by atoms with van der Waals surface area (Å²) in [6.45, 7) is 0. The van der Waals surface area contributed by atoms with Gasteiger partial charge in [-0.3, -0.25) is 0 Å². The molecule has 3 nitrogen and oxygen atoms in total. The molecule has 1 unspecified atom stereocenters. The van der Waals surface area contributed by atoms with E-state index in [2.05, 4.69) is 246 Å². The molecule has 1 aliphatic carbocycles. The fourth-order valence-electron chi connectivity index (χ4n) is 9.64. The van der Waals surface area contributed by atoms with E-state index in [4.69, 9.17) is 4.74 Å². The van der Waals surface area contributed by atoms with E-state index in [1.165, 1.54) is 71.9 Å². The fraction of sp³-hybridized carbons (Fsp3) is 0.0333. The number of nitrogens with zero attached hydrogens (tertiary/aromatic N) is 2. The highest BCUT2D eigenvalue weighted by Crippen LogP contribution is 2.48. The average Bonchev–Trinajstić information content (AvgIpc) is 3.90. The lowest BCUT2D eigenvalue weighted by molar-refractivity contribution is 0.425. The third kappa shape index (κ3) is 6.54. The summed E-state index contributed by atoms with van der Waals surface area (Å²) in [5, 5.41) is 2.50. The number of anilines is 3. The Labute approximate surface area is 367 Å². The molecule has 2 aliphatic rings. The van der Waals surface area contributed by atoms with Crippen molar-refractivity contribution < 1.29 is 4.74 Å². The van der Waals surface area contributed by atoms with Crippen molar-refractivity contribution in [3.8, 4) is 55.9 Å². The molecule has 0 saturated carbocycles. The highest BCUT2D eigenvalue weighted by atomic mass is 16.5. The van der Waals surface area contributed by atoms with Crippen molar-refractivity contribution in [3.63, 3.8) is 0 Å². The zero-order chi connectivity index (χ0) is 41.7. The Balaban J connectivity index is 0.890. The van der Waals surface area contributed by atoms with Crippen molar-refractivity contribution in [1.82, 2.24) is 4.57 Å². The number of allylic oxidation sites excluding steroid dienone is 4. The van der Waals surface area contributed by atoms with Gasteiger partial charge in [-0.25, -0.2) is 0 Å². The average molecular weight is 807 g/mol. The van der Waals surface area contributed by atoms with Crippen LogP contribution < -0.4 is 9.64 Å². The third-order valence-electron chi connectivity index (χ3n) is 12.8. The van der Waals surface area contributed by atoms with Crippen molar-refractivity contribution >= 4 is 38.9 Å². The van der Waals surface area contributed by atoms with Gasteiger partial charge in [-0.2, -0.15) is 0 Å². The van der Waals surface area contributed by atoms with Gasteiger partial charge in [-0.1, -0.05) is 170 Å². The van der Waals surface area contributed by atoms with Crippen LogP contribution in [0.2, 0.25) is 0 Å². The lowest BCUT2D eigenvalue weighted by atomic mass is 9.92. The summed E-state index contributed by atoms with van der Waals surface area (Å²) < 4.78 is 8.73. The first-order valence-corrected chi connectivity index (χ1v) is 21.8. The highest BCUT2D eigenvalue weighted by Gasteiger charge is 2.31. The van der Waals surface area contributed by atoms with E-state index in [0.29, 0.717) is 0 Å². The van der Waals surface area contributed by atoms with Gasteiger partial charge >= 0.3 is 0 Å². The van der Waals surface area contributed by atoms with Crippen molar-refractivity contribution in [3.05, 3.63) is 248 Å². The zero-order valence-corrected chi connectivity index (χ0v) is 34.6. The first kappa shape index (κ1) is 36.7. The maximum atomic E-state index is 6.29. The molecule has 1 aliphatic heterocycles. The standard InChI is InChI=1S/C60H42N2O/c1-3-13-41(14-4-1)44-27-32-48(33-28-44)61(50-36-38-60-55(40-50)54-19-9-12-22-59(54)63-60)49-34-29-45(30-35-49)43-23-25-46(26-24-43)51-17-7-10-20-56(51)62-57-21-11-8-18-52(57)53-37-31-47(39-58(53)62)42-15-5-2-6-16-42/h1-18,20-40,54H,19H2. The summed E-state index contributed by atoms with van der Waals surface area (Å²) in [7, 11) is 0. The predicted octanol–water partition coefficient (Wildman–Crippen LogP) is 16.2. The lowest BCUT2D eigenvalue weighted by Crippen LogP contribution is -2.10. The Hall–Kier alpha value is -8.14. The topological polar surface area (TPSA) is 17.4 Å². The van der Waals surface area contributed by atoms with Crippen LogP contribution in [0.1, 0.15) is 17.9 Å². The number of fused-ring (bicyclic) bond motifs is 6. The molecule has 0 fully saturated rings. The monoisotopic (exact) mass is 806 g/mol. The molecule has 2 heterocycles. The van der Waals surface area contributed by atoms with Crippen LogP contribution in [0, 0.1) is 0 Å². The minimum atomic E-state index is 0.249. The molecule has 63 heavy (non-hydrogen) atoms. The van der Waals surface area contributed by atoms with E-state index in [1.807, 2.05) is 0 Å². The van der Waals surface area contributed by atoms with Gasteiger partial charge in [-0.15, -0.1) is 0 Å². The molecule has 0 bridgehead atoms. The molecule has 0 amide bonds. The minimum absolute atomic E-state index is 0.249. The summed E-state index contributed by atoms with van der Waals surface area (Å²) in [6, 6.07) is 79.2. The van der Waals surface area contributed by atoms with Crippen LogP contribution in [0.25, 0.3) is 72.0 Å². The molecule has 3 heteroatoms. The second-order valence-corrected chi connectivity index (χ2v) is 16.4. The molecule has 1 atom stereocenters. The second kappa shape index (κ2) is 15.4. The maximum Gasteiger partial charge on any atom is 0.131 e. The Kier molecular flexibility index (Phi) is 8.97. The van der Waals surface area contributed by atoms with Gasteiger partial charge in [-0.05, 0) is 112 Å². The first-order chi connectivity index (χ1) is 31.2. The van der Waals surface area contributed by atoms with E-state index in [1.54, 1.807) is 0 Å². The number of benzene rings is 9. The smallest absolute Gasteiger partial charge is 0.131 e. The number of hydrogen-bond donors (Lipinski definition) is 0. The van der Waals surface area contributed by atoms with Crippen molar-refractivity contribution in [2.24, 2.45) is 0 Å².